The first kappa shape index (κ1) is 13.9. The number of hydrogen-bond acceptors (Lipinski definition) is 3. The lowest BCUT2D eigenvalue weighted by atomic mass is 10.2. The van der Waals surface area contributed by atoms with E-state index in [9.17, 15) is 17.6 Å². The van der Waals surface area contributed by atoms with Crippen LogP contribution in [0.5, 0.6) is 5.75 Å². The van der Waals surface area contributed by atoms with E-state index in [2.05, 4.69) is 5.32 Å². The zero-order valence-corrected chi connectivity index (χ0v) is 10.1. The molecule has 1 aliphatic heterocycles. The molecule has 1 heterocycles. The van der Waals surface area contributed by atoms with Crippen molar-refractivity contribution in [1.82, 2.24) is 5.32 Å². The molecule has 19 heavy (non-hydrogen) atoms. The Morgan fingerprint density at radius 3 is 2.53 bits per heavy atom. The number of rotatable bonds is 3. The molecule has 0 aromatic heterocycles. The van der Waals surface area contributed by atoms with E-state index in [1.54, 1.807) is 4.90 Å². The summed E-state index contributed by atoms with van der Waals surface area (Å²) in [6.45, 7) is 0.961. The molecule has 0 radical (unpaired) electrons. The second-order valence-electron chi connectivity index (χ2n) is 4.23. The average Bonchev–Trinajstić information content (AvgIpc) is 2.36. The Bertz CT molecular complexity index is 430. The molecule has 1 aromatic carbocycles. The molecule has 2 rings (SSSR count). The summed E-state index contributed by atoms with van der Waals surface area (Å²) in [7, 11) is 0. The van der Waals surface area contributed by atoms with Gasteiger partial charge in [-0.3, -0.25) is 0 Å². The number of nitrogens with one attached hydrogen (secondary N) is 1. The molecular weight excluding hydrogens is 264 g/mol. The SMILES string of the molecule is Fc1cccc(OCC(F)(F)F)c1N1CCNCC1. The number of ether oxygens (including phenoxy) is 1. The predicted octanol–water partition coefficient (Wildman–Crippen LogP) is 2.18. The quantitative estimate of drug-likeness (QED) is 0.858. The maximum atomic E-state index is 13.8. The van der Waals surface area contributed by atoms with Crippen molar-refractivity contribution in [3.8, 4) is 5.75 Å². The molecule has 1 aliphatic rings. The molecule has 3 nitrogen and oxygen atoms in total. The summed E-state index contributed by atoms with van der Waals surface area (Å²) in [5, 5.41) is 3.09. The fraction of sp³-hybridized carbons (Fsp3) is 0.500. The van der Waals surface area contributed by atoms with Crippen LogP contribution in [0.15, 0.2) is 18.2 Å². The first-order valence-corrected chi connectivity index (χ1v) is 5.91. The molecule has 0 amide bonds. The van der Waals surface area contributed by atoms with Gasteiger partial charge in [0, 0.05) is 26.2 Å². The lowest BCUT2D eigenvalue weighted by molar-refractivity contribution is -0.153. The maximum absolute atomic E-state index is 13.8. The minimum atomic E-state index is -4.44. The molecule has 0 bridgehead atoms. The Labute approximate surface area is 108 Å². The summed E-state index contributed by atoms with van der Waals surface area (Å²) < 4.78 is 55.1. The Hall–Kier alpha value is -1.50. The van der Waals surface area contributed by atoms with E-state index in [1.807, 2.05) is 0 Å². The standard InChI is InChI=1S/C12H14F4N2O/c13-9-2-1-3-10(19-8-12(14,15)16)11(9)18-6-4-17-5-7-18/h1-3,17H,4-8H2. The average molecular weight is 278 g/mol. The summed E-state index contributed by atoms with van der Waals surface area (Å²) >= 11 is 0. The van der Waals surface area contributed by atoms with Gasteiger partial charge in [-0.1, -0.05) is 6.07 Å². The van der Waals surface area contributed by atoms with Gasteiger partial charge in [-0.15, -0.1) is 0 Å². The van der Waals surface area contributed by atoms with Crippen LogP contribution in [0.1, 0.15) is 0 Å². The second kappa shape index (κ2) is 5.64. The van der Waals surface area contributed by atoms with Crippen LogP contribution in [-0.4, -0.2) is 39.0 Å². The van der Waals surface area contributed by atoms with Gasteiger partial charge in [0.15, 0.2) is 6.61 Å². The fourth-order valence-corrected chi connectivity index (χ4v) is 1.97. The van der Waals surface area contributed by atoms with Gasteiger partial charge in [0.2, 0.25) is 0 Å². The molecule has 0 aliphatic carbocycles. The van der Waals surface area contributed by atoms with Gasteiger partial charge >= 0.3 is 6.18 Å². The van der Waals surface area contributed by atoms with Gasteiger partial charge in [-0.25, -0.2) is 4.39 Å². The minimum Gasteiger partial charge on any atom is -0.482 e. The number of benzene rings is 1. The van der Waals surface area contributed by atoms with E-state index in [-0.39, 0.29) is 11.4 Å². The van der Waals surface area contributed by atoms with Gasteiger partial charge in [-0.05, 0) is 12.1 Å². The highest BCUT2D eigenvalue weighted by Gasteiger charge is 2.29. The Morgan fingerprint density at radius 2 is 1.89 bits per heavy atom. The third-order valence-corrected chi connectivity index (χ3v) is 2.77. The number of anilines is 1. The first-order chi connectivity index (χ1) is 8.97. The van der Waals surface area contributed by atoms with Gasteiger partial charge < -0.3 is 15.0 Å². The van der Waals surface area contributed by atoms with Crippen molar-refractivity contribution in [3.05, 3.63) is 24.0 Å². The van der Waals surface area contributed by atoms with Crippen molar-refractivity contribution in [2.75, 3.05) is 37.7 Å². The van der Waals surface area contributed by atoms with E-state index in [4.69, 9.17) is 4.74 Å². The van der Waals surface area contributed by atoms with Crippen LogP contribution in [0.4, 0.5) is 23.2 Å². The molecule has 0 spiro atoms. The van der Waals surface area contributed by atoms with Crippen LogP contribution >= 0.6 is 0 Å². The normalized spacial score (nSPS) is 16.5. The third kappa shape index (κ3) is 3.73. The number of halogens is 4. The zero-order valence-electron chi connectivity index (χ0n) is 10.1. The predicted molar refractivity (Wildman–Crippen MR) is 63.0 cm³/mol. The highest BCUT2D eigenvalue weighted by molar-refractivity contribution is 5.59. The molecule has 1 N–H and O–H groups in total. The summed E-state index contributed by atoms with van der Waals surface area (Å²) in [6, 6.07) is 3.91. The molecule has 106 valence electrons. The van der Waals surface area contributed by atoms with Crippen molar-refractivity contribution in [2.24, 2.45) is 0 Å². The van der Waals surface area contributed by atoms with Crippen LogP contribution in [0.2, 0.25) is 0 Å². The molecule has 0 saturated carbocycles. The topological polar surface area (TPSA) is 24.5 Å². The van der Waals surface area contributed by atoms with E-state index in [0.29, 0.717) is 26.2 Å². The lowest BCUT2D eigenvalue weighted by Gasteiger charge is -2.31. The summed E-state index contributed by atoms with van der Waals surface area (Å²) in [5.41, 5.74) is 0.105. The van der Waals surface area contributed by atoms with E-state index in [0.717, 1.165) is 0 Å². The van der Waals surface area contributed by atoms with Crippen molar-refractivity contribution < 1.29 is 22.3 Å². The van der Waals surface area contributed by atoms with Crippen LogP contribution in [-0.2, 0) is 0 Å². The van der Waals surface area contributed by atoms with Crippen LogP contribution in [0, 0.1) is 5.82 Å². The summed E-state index contributed by atoms with van der Waals surface area (Å²) in [6.07, 6.45) is -4.44. The van der Waals surface area contributed by atoms with Crippen molar-refractivity contribution >= 4 is 5.69 Å². The maximum Gasteiger partial charge on any atom is 0.422 e. The van der Waals surface area contributed by atoms with Crippen LogP contribution in [0.3, 0.4) is 0 Å². The molecular formula is C12H14F4N2O. The molecule has 1 saturated heterocycles. The number of hydrogen-bond donors (Lipinski definition) is 1. The third-order valence-electron chi connectivity index (χ3n) is 2.77. The Balaban J connectivity index is 2.20. The molecule has 0 unspecified atom stereocenters. The lowest BCUT2D eigenvalue weighted by Crippen LogP contribution is -2.44. The molecule has 1 fully saturated rings. The Morgan fingerprint density at radius 1 is 1.21 bits per heavy atom. The van der Waals surface area contributed by atoms with Crippen LogP contribution < -0.4 is 15.0 Å². The van der Waals surface area contributed by atoms with E-state index >= 15 is 0 Å². The summed E-state index contributed by atoms with van der Waals surface area (Å²) in [4.78, 5) is 1.69. The van der Waals surface area contributed by atoms with Gasteiger partial charge in [0.05, 0.1) is 0 Å². The second-order valence-corrected chi connectivity index (χ2v) is 4.23. The summed E-state index contributed by atoms with van der Waals surface area (Å²) in [5.74, 6) is -0.638. The fourth-order valence-electron chi connectivity index (χ4n) is 1.97. The molecule has 7 heteroatoms. The van der Waals surface area contributed by atoms with Gasteiger partial charge in [0.25, 0.3) is 0 Å². The van der Waals surface area contributed by atoms with Crippen molar-refractivity contribution in [3.63, 3.8) is 0 Å². The van der Waals surface area contributed by atoms with Crippen molar-refractivity contribution in [1.29, 1.82) is 0 Å². The van der Waals surface area contributed by atoms with Gasteiger partial charge in [-0.2, -0.15) is 13.2 Å². The molecule has 1 aromatic rings. The number of para-hydroxylation sites is 1. The largest absolute Gasteiger partial charge is 0.482 e. The highest BCUT2D eigenvalue weighted by atomic mass is 19.4. The number of piperazine rings is 1. The molecule has 0 atom stereocenters. The van der Waals surface area contributed by atoms with Gasteiger partial charge in [0.1, 0.15) is 17.3 Å². The first-order valence-electron chi connectivity index (χ1n) is 5.91. The van der Waals surface area contributed by atoms with Crippen molar-refractivity contribution in [2.45, 2.75) is 6.18 Å². The smallest absolute Gasteiger partial charge is 0.422 e. The monoisotopic (exact) mass is 278 g/mol. The zero-order chi connectivity index (χ0) is 13.9. The minimum absolute atomic E-state index is 0.0702. The van der Waals surface area contributed by atoms with Crippen LogP contribution in [0.25, 0.3) is 0 Å². The Kier molecular flexibility index (Phi) is 4.14. The van der Waals surface area contributed by atoms with E-state index < -0.39 is 18.6 Å². The highest BCUT2D eigenvalue weighted by Crippen LogP contribution is 2.32. The number of alkyl halides is 3. The number of nitrogens with zero attached hydrogens (tertiary/aromatic N) is 1. The van der Waals surface area contributed by atoms with E-state index in [1.165, 1.54) is 18.2 Å².